The lowest BCUT2D eigenvalue weighted by molar-refractivity contribution is -0.00275. The van der Waals surface area contributed by atoms with Crippen LogP contribution in [0.5, 0.6) is 0 Å². The van der Waals surface area contributed by atoms with Crippen LogP contribution in [0.4, 0.5) is 0 Å². The van der Waals surface area contributed by atoms with E-state index < -0.39 is 0 Å². The Bertz CT molecular complexity index is 761. The number of nitrogens with one attached hydrogen (secondary N) is 1. The molecule has 1 aromatic carbocycles. The fourth-order valence-corrected chi connectivity index (χ4v) is 7.95. The Hall–Kier alpha value is -0.970. The summed E-state index contributed by atoms with van der Waals surface area (Å²) < 4.78 is 0. The minimum absolute atomic E-state index is 0.240. The molecule has 6 rings (SSSR count). The molecule has 5 aliphatic rings. The quantitative estimate of drug-likeness (QED) is 0.531. The van der Waals surface area contributed by atoms with Crippen LogP contribution in [-0.4, -0.2) is 12.1 Å². The van der Waals surface area contributed by atoms with Gasteiger partial charge < -0.3 is 5.32 Å². The number of rotatable bonds is 4. The molecule has 0 spiro atoms. The van der Waals surface area contributed by atoms with Crippen LogP contribution in [0.2, 0.25) is 5.02 Å². The van der Waals surface area contributed by atoms with Crippen LogP contribution in [0.3, 0.4) is 0 Å². The van der Waals surface area contributed by atoms with E-state index in [1.165, 1.54) is 69.8 Å². The lowest BCUT2D eigenvalue weighted by Gasteiger charge is -2.54. The Balaban J connectivity index is 1.30. The van der Waals surface area contributed by atoms with Crippen molar-refractivity contribution in [1.82, 2.24) is 5.32 Å². The monoisotopic (exact) mass is 409 g/mol. The second-order valence-electron chi connectivity index (χ2n) is 10.5. The van der Waals surface area contributed by atoms with Gasteiger partial charge in [-0.25, -0.2) is 0 Å². The normalized spacial score (nSPS) is 34.6. The van der Waals surface area contributed by atoms with Crippen LogP contribution in [0.1, 0.15) is 94.6 Å². The highest BCUT2D eigenvalue weighted by Crippen LogP contribution is 2.60. The first-order valence-electron chi connectivity index (χ1n) is 12.2. The number of benzene rings is 1. The molecule has 0 aromatic heterocycles. The van der Waals surface area contributed by atoms with Crippen LogP contribution >= 0.6 is 11.6 Å². The van der Waals surface area contributed by atoms with E-state index in [0.717, 1.165) is 47.2 Å². The minimum atomic E-state index is 0.240. The first-order valence-corrected chi connectivity index (χ1v) is 12.6. The van der Waals surface area contributed by atoms with E-state index in [4.69, 9.17) is 11.6 Å². The van der Waals surface area contributed by atoms with Crippen LogP contribution in [0.25, 0.3) is 0 Å². The number of hydrogen-bond donors (Lipinski definition) is 1. The van der Waals surface area contributed by atoms with E-state index in [1.807, 2.05) is 0 Å². The molecule has 29 heavy (non-hydrogen) atoms. The molecule has 5 aliphatic carbocycles. The highest BCUT2D eigenvalue weighted by atomic mass is 35.5. The molecule has 0 atom stereocenters. The van der Waals surface area contributed by atoms with Gasteiger partial charge in [-0.05, 0) is 98.8 Å². The zero-order valence-electron chi connectivity index (χ0n) is 18.0. The van der Waals surface area contributed by atoms with Crippen molar-refractivity contribution in [3.63, 3.8) is 0 Å². The zero-order chi connectivity index (χ0) is 19.8. The molecule has 0 saturated heterocycles. The first-order chi connectivity index (χ1) is 14.2. The molecular formula is C27H36ClN. The minimum Gasteiger partial charge on any atom is -0.311 e. The maximum atomic E-state index is 6.85. The van der Waals surface area contributed by atoms with Gasteiger partial charge in [-0.15, -0.1) is 0 Å². The molecule has 5 fully saturated rings. The fourth-order valence-electron chi connectivity index (χ4n) is 7.64. The summed E-state index contributed by atoms with van der Waals surface area (Å²) in [7, 11) is 0. The average Bonchev–Trinajstić information content (AvgIpc) is 2.69. The van der Waals surface area contributed by atoms with Gasteiger partial charge >= 0.3 is 0 Å². The van der Waals surface area contributed by atoms with E-state index in [-0.39, 0.29) is 5.54 Å². The van der Waals surface area contributed by atoms with Gasteiger partial charge in [-0.3, -0.25) is 0 Å². The molecule has 1 nitrogen and oxygen atoms in total. The molecule has 0 amide bonds. The third kappa shape index (κ3) is 4.00. The maximum absolute atomic E-state index is 6.85. The lowest BCUT2D eigenvalue weighted by atomic mass is 9.51. The van der Waals surface area contributed by atoms with E-state index >= 15 is 0 Å². The largest absolute Gasteiger partial charge is 0.311 e. The summed E-state index contributed by atoms with van der Waals surface area (Å²) in [4.78, 5) is 0. The molecule has 0 radical (unpaired) electrons. The van der Waals surface area contributed by atoms with E-state index in [1.54, 1.807) is 0 Å². The SMILES string of the molecule is CCNC1(CC#Cc2ccc(C3C4CC5CC(C4)CC3C5)c(Cl)c2)CCCCC1. The molecule has 0 aliphatic heterocycles. The van der Waals surface area contributed by atoms with Crippen molar-refractivity contribution in [3.8, 4) is 11.8 Å². The van der Waals surface area contributed by atoms with Crippen LogP contribution in [0, 0.1) is 35.5 Å². The summed E-state index contributed by atoms with van der Waals surface area (Å²) in [6.45, 7) is 3.25. The molecule has 0 heterocycles. The van der Waals surface area contributed by atoms with Gasteiger partial charge in [0.2, 0.25) is 0 Å². The second kappa shape index (κ2) is 8.28. The number of hydrogen-bond acceptors (Lipinski definition) is 1. The third-order valence-corrected chi connectivity index (χ3v) is 8.94. The highest BCUT2D eigenvalue weighted by molar-refractivity contribution is 6.31. The molecule has 1 N–H and O–H groups in total. The maximum Gasteiger partial charge on any atom is 0.0453 e. The van der Waals surface area contributed by atoms with Crippen molar-refractivity contribution in [2.24, 2.45) is 23.7 Å². The van der Waals surface area contributed by atoms with Crippen molar-refractivity contribution in [1.29, 1.82) is 0 Å². The Kier molecular flexibility index (Phi) is 5.70. The first kappa shape index (κ1) is 20.0. The van der Waals surface area contributed by atoms with E-state index in [9.17, 15) is 0 Å². The van der Waals surface area contributed by atoms with Crippen molar-refractivity contribution in [2.75, 3.05) is 6.54 Å². The Morgan fingerprint density at radius 1 is 1.00 bits per heavy atom. The van der Waals surface area contributed by atoms with Crippen LogP contribution in [-0.2, 0) is 0 Å². The van der Waals surface area contributed by atoms with Crippen molar-refractivity contribution in [3.05, 3.63) is 34.3 Å². The van der Waals surface area contributed by atoms with Gasteiger partial charge in [0.1, 0.15) is 0 Å². The van der Waals surface area contributed by atoms with Gasteiger partial charge in [0.25, 0.3) is 0 Å². The van der Waals surface area contributed by atoms with Crippen LogP contribution < -0.4 is 5.32 Å². The summed E-state index contributed by atoms with van der Waals surface area (Å²) in [6, 6.07) is 6.70. The van der Waals surface area contributed by atoms with Crippen LogP contribution in [0.15, 0.2) is 18.2 Å². The summed E-state index contributed by atoms with van der Waals surface area (Å²) in [6.07, 6.45) is 14.8. The van der Waals surface area contributed by atoms with Gasteiger partial charge in [0.15, 0.2) is 0 Å². The molecule has 2 heteroatoms. The summed E-state index contributed by atoms with van der Waals surface area (Å²) in [5.41, 5.74) is 2.75. The summed E-state index contributed by atoms with van der Waals surface area (Å²) in [5.74, 6) is 11.4. The lowest BCUT2D eigenvalue weighted by Crippen LogP contribution is -2.46. The van der Waals surface area contributed by atoms with Gasteiger partial charge in [-0.1, -0.05) is 55.7 Å². The predicted molar refractivity (Wildman–Crippen MR) is 122 cm³/mol. The molecule has 0 unspecified atom stereocenters. The second-order valence-corrected chi connectivity index (χ2v) is 10.9. The van der Waals surface area contributed by atoms with Gasteiger partial charge in [0.05, 0.1) is 0 Å². The smallest absolute Gasteiger partial charge is 0.0453 e. The van der Waals surface area contributed by atoms with E-state index in [0.29, 0.717) is 5.92 Å². The molecule has 4 bridgehead atoms. The van der Waals surface area contributed by atoms with Crippen molar-refractivity contribution >= 4 is 11.6 Å². The Morgan fingerprint density at radius 3 is 2.31 bits per heavy atom. The Morgan fingerprint density at radius 2 is 1.69 bits per heavy atom. The van der Waals surface area contributed by atoms with Gasteiger partial charge in [-0.2, -0.15) is 0 Å². The molecule has 156 valence electrons. The van der Waals surface area contributed by atoms with E-state index in [2.05, 4.69) is 42.3 Å². The standard InChI is InChI=1S/C27H36ClN/c1-2-29-27(10-4-3-5-11-27)12-6-7-19-8-9-24(25(28)18-19)26-22-14-20-13-21(16-22)17-23(26)15-20/h8-9,18,20-23,26,29H,2-5,10-17H2,1H3. The molecule has 5 saturated carbocycles. The fraction of sp³-hybridized carbons (Fsp3) is 0.704. The van der Waals surface area contributed by atoms with Crippen molar-refractivity contribution < 1.29 is 0 Å². The average molecular weight is 410 g/mol. The molecule has 1 aromatic rings. The van der Waals surface area contributed by atoms with Crippen molar-refractivity contribution in [2.45, 2.75) is 89.0 Å². The Labute approximate surface area is 182 Å². The summed E-state index contributed by atoms with van der Waals surface area (Å²) >= 11 is 6.85. The topological polar surface area (TPSA) is 12.0 Å². The highest BCUT2D eigenvalue weighted by Gasteiger charge is 2.48. The zero-order valence-corrected chi connectivity index (χ0v) is 18.7. The predicted octanol–water partition coefficient (Wildman–Crippen LogP) is 6.93. The number of halogens is 1. The van der Waals surface area contributed by atoms with Gasteiger partial charge in [0, 0.05) is 22.5 Å². The molecular weight excluding hydrogens is 374 g/mol. The summed E-state index contributed by atoms with van der Waals surface area (Å²) in [5, 5.41) is 4.71. The third-order valence-electron chi connectivity index (χ3n) is 8.61.